The minimum Gasteiger partial charge on any atom is -0.340 e. The molecule has 0 saturated heterocycles. The predicted molar refractivity (Wildman–Crippen MR) is 116 cm³/mol. The van der Waals surface area contributed by atoms with Gasteiger partial charge >= 0.3 is 0 Å². The second-order valence-electron chi connectivity index (χ2n) is 6.86. The molecule has 0 bridgehead atoms. The summed E-state index contributed by atoms with van der Waals surface area (Å²) in [5.74, 6) is -1.30. The van der Waals surface area contributed by atoms with Crippen molar-refractivity contribution in [3.63, 3.8) is 0 Å². The fourth-order valence-electron chi connectivity index (χ4n) is 2.57. The number of nitro groups is 1. The molecule has 2 aromatic rings. The molecule has 0 aliphatic heterocycles. The van der Waals surface area contributed by atoms with Crippen molar-refractivity contribution in [3.05, 3.63) is 73.2 Å². The molecule has 158 valence electrons. The third-order valence-corrected chi connectivity index (χ3v) is 4.78. The van der Waals surface area contributed by atoms with Gasteiger partial charge in [0.15, 0.2) is 0 Å². The van der Waals surface area contributed by atoms with Crippen LogP contribution in [0.25, 0.3) is 0 Å². The standard InChI is InChI=1S/C20H20Cl2N4O4/c1-11(2)18(24-19(27)15-7-6-14(21)9-16(15)22)20(28)25-23-10-13-5-4-12(3)17(8-13)26(29)30/h4-11,18H,1-3H3,(H,24,27)(H,25,28)/b23-10+. The van der Waals surface area contributed by atoms with E-state index in [9.17, 15) is 19.7 Å². The van der Waals surface area contributed by atoms with E-state index in [-0.39, 0.29) is 22.2 Å². The van der Waals surface area contributed by atoms with Crippen LogP contribution >= 0.6 is 23.2 Å². The minimum absolute atomic E-state index is 0.0440. The first kappa shape index (κ1) is 23.3. The quantitative estimate of drug-likeness (QED) is 0.375. The zero-order chi connectivity index (χ0) is 22.4. The highest BCUT2D eigenvalue weighted by atomic mass is 35.5. The fraction of sp³-hybridized carbons (Fsp3) is 0.250. The van der Waals surface area contributed by atoms with Crippen molar-refractivity contribution < 1.29 is 14.5 Å². The molecular formula is C20H20Cl2N4O4. The van der Waals surface area contributed by atoms with E-state index in [4.69, 9.17) is 23.2 Å². The molecule has 2 N–H and O–H groups in total. The van der Waals surface area contributed by atoms with Crippen molar-refractivity contribution in [2.24, 2.45) is 11.0 Å². The van der Waals surface area contributed by atoms with E-state index in [1.54, 1.807) is 32.9 Å². The highest BCUT2D eigenvalue weighted by Crippen LogP contribution is 2.21. The molecule has 0 aliphatic carbocycles. The number of hydrogen-bond donors (Lipinski definition) is 2. The van der Waals surface area contributed by atoms with Gasteiger partial charge in [-0.05, 0) is 31.0 Å². The normalized spacial score (nSPS) is 12.1. The molecular weight excluding hydrogens is 431 g/mol. The van der Waals surface area contributed by atoms with Crippen molar-refractivity contribution in [1.82, 2.24) is 10.7 Å². The first-order chi connectivity index (χ1) is 14.1. The van der Waals surface area contributed by atoms with E-state index in [1.807, 2.05) is 0 Å². The number of aryl methyl sites for hydroxylation is 1. The van der Waals surface area contributed by atoms with Crippen LogP contribution in [0.2, 0.25) is 10.0 Å². The third-order valence-electron chi connectivity index (χ3n) is 4.23. The Balaban J connectivity index is 2.09. The molecule has 2 amide bonds. The van der Waals surface area contributed by atoms with Crippen LogP contribution in [0.1, 0.15) is 35.3 Å². The van der Waals surface area contributed by atoms with Crippen molar-refractivity contribution in [2.45, 2.75) is 26.8 Å². The number of rotatable bonds is 7. The topological polar surface area (TPSA) is 114 Å². The van der Waals surface area contributed by atoms with Gasteiger partial charge in [-0.3, -0.25) is 19.7 Å². The number of nitrogens with one attached hydrogen (secondary N) is 2. The van der Waals surface area contributed by atoms with Gasteiger partial charge in [0.05, 0.1) is 21.7 Å². The van der Waals surface area contributed by atoms with Crippen LogP contribution in [0.15, 0.2) is 41.5 Å². The number of hydrazone groups is 1. The number of carbonyl (C=O) groups is 2. The number of carbonyl (C=O) groups excluding carboxylic acids is 2. The number of hydrogen-bond acceptors (Lipinski definition) is 5. The number of nitro benzene ring substituents is 1. The lowest BCUT2D eigenvalue weighted by Gasteiger charge is -2.20. The Morgan fingerprint density at radius 1 is 1.17 bits per heavy atom. The summed E-state index contributed by atoms with van der Waals surface area (Å²) < 4.78 is 0. The van der Waals surface area contributed by atoms with Crippen LogP contribution in [0, 0.1) is 23.0 Å². The molecule has 0 radical (unpaired) electrons. The molecule has 0 saturated carbocycles. The summed E-state index contributed by atoms with van der Waals surface area (Å²) in [5, 5.41) is 18.0. The van der Waals surface area contributed by atoms with Gasteiger partial charge in [0, 0.05) is 22.2 Å². The van der Waals surface area contributed by atoms with Gasteiger partial charge in [0.25, 0.3) is 17.5 Å². The van der Waals surface area contributed by atoms with Gasteiger partial charge in [0.2, 0.25) is 0 Å². The van der Waals surface area contributed by atoms with Crippen LogP contribution in [-0.2, 0) is 4.79 Å². The maximum atomic E-state index is 12.5. The first-order valence-electron chi connectivity index (χ1n) is 8.94. The van der Waals surface area contributed by atoms with Crippen LogP contribution in [0.3, 0.4) is 0 Å². The van der Waals surface area contributed by atoms with E-state index in [0.29, 0.717) is 16.1 Å². The molecule has 0 spiro atoms. The zero-order valence-corrected chi connectivity index (χ0v) is 18.0. The van der Waals surface area contributed by atoms with Crippen molar-refractivity contribution in [3.8, 4) is 0 Å². The Morgan fingerprint density at radius 2 is 1.87 bits per heavy atom. The lowest BCUT2D eigenvalue weighted by atomic mass is 10.0. The van der Waals surface area contributed by atoms with Gasteiger partial charge in [-0.15, -0.1) is 0 Å². The smallest absolute Gasteiger partial charge is 0.272 e. The summed E-state index contributed by atoms with van der Waals surface area (Å²) in [4.78, 5) is 35.5. The molecule has 8 nitrogen and oxygen atoms in total. The van der Waals surface area contributed by atoms with Crippen molar-refractivity contribution in [2.75, 3.05) is 0 Å². The summed E-state index contributed by atoms with van der Waals surface area (Å²) in [7, 11) is 0. The highest BCUT2D eigenvalue weighted by Gasteiger charge is 2.25. The highest BCUT2D eigenvalue weighted by molar-refractivity contribution is 6.36. The van der Waals surface area contributed by atoms with E-state index in [1.165, 1.54) is 30.5 Å². The van der Waals surface area contributed by atoms with E-state index >= 15 is 0 Å². The monoisotopic (exact) mass is 450 g/mol. The molecule has 1 unspecified atom stereocenters. The first-order valence-corrected chi connectivity index (χ1v) is 9.69. The lowest BCUT2D eigenvalue weighted by Crippen LogP contribution is -2.48. The van der Waals surface area contributed by atoms with Gasteiger partial charge in [-0.2, -0.15) is 5.10 Å². The maximum Gasteiger partial charge on any atom is 0.272 e. The van der Waals surface area contributed by atoms with Gasteiger partial charge < -0.3 is 5.32 Å². The largest absolute Gasteiger partial charge is 0.340 e. The lowest BCUT2D eigenvalue weighted by molar-refractivity contribution is -0.385. The maximum absolute atomic E-state index is 12.5. The average Bonchev–Trinajstić information content (AvgIpc) is 2.66. The van der Waals surface area contributed by atoms with E-state index in [2.05, 4.69) is 15.8 Å². The molecule has 10 heteroatoms. The molecule has 0 fully saturated rings. The van der Waals surface area contributed by atoms with Crippen LogP contribution in [0.5, 0.6) is 0 Å². The summed E-state index contributed by atoms with van der Waals surface area (Å²) in [6.07, 6.45) is 1.29. The average molecular weight is 451 g/mol. The third kappa shape index (κ3) is 6.01. The molecule has 30 heavy (non-hydrogen) atoms. The molecule has 0 aromatic heterocycles. The Morgan fingerprint density at radius 3 is 2.47 bits per heavy atom. The Labute approximate surface area is 183 Å². The fourth-order valence-corrected chi connectivity index (χ4v) is 3.07. The molecule has 1 atom stereocenters. The van der Waals surface area contributed by atoms with Crippen LogP contribution in [-0.4, -0.2) is 29.0 Å². The Kier molecular flexibility index (Phi) is 7.91. The predicted octanol–water partition coefficient (Wildman–Crippen LogP) is 4.11. The zero-order valence-electron chi connectivity index (χ0n) is 16.5. The van der Waals surface area contributed by atoms with Gasteiger partial charge in [0.1, 0.15) is 6.04 Å². The SMILES string of the molecule is Cc1ccc(/C=N/NC(=O)C(NC(=O)c2ccc(Cl)cc2Cl)C(C)C)cc1[N+](=O)[O-]. The number of halogens is 2. The second kappa shape index (κ2) is 10.2. The molecule has 2 rings (SSSR count). The Bertz CT molecular complexity index is 1010. The number of nitrogens with zero attached hydrogens (tertiary/aromatic N) is 2. The minimum atomic E-state index is -0.881. The summed E-state index contributed by atoms with van der Waals surface area (Å²) >= 11 is 11.9. The van der Waals surface area contributed by atoms with E-state index < -0.39 is 22.8 Å². The molecule has 2 aromatic carbocycles. The van der Waals surface area contributed by atoms with Crippen molar-refractivity contribution in [1.29, 1.82) is 0 Å². The van der Waals surface area contributed by atoms with Crippen LogP contribution in [0.4, 0.5) is 5.69 Å². The number of benzene rings is 2. The van der Waals surface area contributed by atoms with Gasteiger partial charge in [-0.1, -0.05) is 49.2 Å². The Hall–Kier alpha value is -2.97. The van der Waals surface area contributed by atoms with Gasteiger partial charge in [-0.25, -0.2) is 5.43 Å². The summed E-state index contributed by atoms with van der Waals surface area (Å²) in [5.41, 5.74) is 3.46. The van der Waals surface area contributed by atoms with E-state index in [0.717, 1.165) is 0 Å². The molecule has 0 aliphatic rings. The van der Waals surface area contributed by atoms with Crippen molar-refractivity contribution >= 4 is 46.9 Å². The van der Waals surface area contributed by atoms with Crippen LogP contribution < -0.4 is 10.7 Å². The number of amides is 2. The molecule has 0 heterocycles. The second-order valence-corrected chi connectivity index (χ2v) is 7.70. The summed E-state index contributed by atoms with van der Waals surface area (Å²) in [6, 6.07) is 8.14. The summed E-state index contributed by atoms with van der Waals surface area (Å²) in [6.45, 7) is 5.16.